The van der Waals surface area contributed by atoms with Gasteiger partial charge >= 0.3 is 0 Å². The van der Waals surface area contributed by atoms with Crippen molar-refractivity contribution in [2.24, 2.45) is 11.8 Å². The van der Waals surface area contributed by atoms with Gasteiger partial charge in [0.2, 0.25) is 0 Å². The lowest BCUT2D eigenvalue weighted by Crippen LogP contribution is -2.43. The number of rotatable bonds is 9. The van der Waals surface area contributed by atoms with E-state index in [0.29, 0.717) is 12.1 Å². The van der Waals surface area contributed by atoms with Gasteiger partial charge in [0.15, 0.2) is 0 Å². The van der Waals surface area contributed by atoms with Crippen molar-refractivity contribution < 1.29 is 14.6 Å². The highest BCUT2D eigenvalue weighted by atomic mass is 16.5. The molecule has 4 atom stereocenters. The molecule has 0 aliphatic carbocycles. The van der Waals surface area contributed by atoms with Gasteiger partial charge in [-0.2, -0.15) is 0 Å². The Hall–Kier alpha value is -0.200. The molecule has 1 N–H and O–H groups in total. The minimum absolute atomic E-state index is 0.483. The summed E-state index contributed by atoms with van der Waals surface area (Å²) in [7, 11) is 0. The molecule has 152 valence electrons. The third-order valence-corrected chi connectivity index (χ3v) is 7.01. The van der Waals surface area contributed by atoms with Crippen molar-refractivity contribution in [1.82, 2.24) is 9.80 Å². The molecule has 4 unspecified atom stereocenters. The van der Waals surface area contributed by atoms with Crippen molar-refractivity contribution in [3.8, 4) is 0 Å². The summed E-state index contributed by atoms with van der Waals surface area (Å²) >= 11 is 0. The summed E-state index contributed by atoms with van der Waals surface area (Å²) in [4.78, 5) is 5.07. The molecule has 0 aromatic carbocycles. The first kappa shape index (κ1) is 20.5. The largest absolute Gasteiger partial charge is 0.389 e. The summed E-state index contributed by atoms with van der Waals surface area (Å²) in [6.45, 7) is 14.4. The predicted octanol–water partition coefficient (Wildman–Crippen LogP) is 2.38. The van der Waals surface area contributed by atoms with Crippen LogP contribution in [0.3, 0.4) is 0 Å². The lowest BCUT2D eigenvalue weighted by atomic mass is 9.82. The number of ether oxygens (including phenoxy) is 2. The zero-order valence-electron chi connectivity index (χ0n) is 17.2. The average molecular weight is 369 g/mol. The average Bonchev–Trinajstić information content (AvgIpc) is 2.95. The Morgan fingerprint density at radius 3 is 2.04 bits per heavy atom. The minimum atomic E-state index is -0.483. The second-order valence-corrected chi connectivity index (χ2v) is 9.28. The lowest BCUT2D eigenvalue weighted by Gasteiger charge is -2.37. The van der Waals surface area contributed by atoms with E-state index in [9.17, 15) is 5.11 Å². The van der Waals surface area contributed by atoms with E-state index < -0.39 is 5.60 Å². The van der Waals surface area contributed by atoms with Crippen LogP contribution < -0.4 is 0 Å². The quantitative estimate of drug-likeness (QED) is 0.677. The zero-order chi connectivity index (χ0) is 18.6. The van der Waals surface area contributed by atoms with Gasteiger partial charge in [-0.15, -0.1) is 0 Å². The van der Waals surface area contributed by atoms with E-state index >= 15 is 0 Å². The third kappa shape index (κ3) is 5.65. The Kier molecular flexibility index (Phi) is 7.37. The highest BCUT2D eigenvalue weighted by molar-refractivity contribution is 4.89. The summed E-state index contributed by atoms with van der Waals surface area (Å²) in [5.74, 6) is 1.55. The Bertz CT molecular complexity index is 421. The fourth-order valence-electron chi connectivity index (χ4n) is 4.79. The van der Waals surface area contributed by atoms with Gasteiger partial charge in [-0.3, -0.25) is 9.80 Å². The summed E-state index contributed by atoms with van der Waals surface area (Å²) in [6, 6.07) is 1.23. The molecule has 0 spiro atoms. The van der Waals surface area contributed by atoms with Crippen molar-refractivity contribution in [2.45, 2.75) is 70.6 Å². The number of nitrogens with zero attached hydrogens (tertiary/aromatic N) is 2. The maximum Gasteiger partial charge on any atom is 0.0758 e. The first-order valence-corrected chi connectivity index (χ1v) is 10.8. The number of aliphatic hydroxyl groups is 1. The Balaban J connectivity index is 1.42. The normalized spacial score (nSPS) is 32.3. The smallest absolute Gasteiger partial charge is 0.0758 e. The lowest BCUT2D eigenvalue weighted by molar-refractivity contribution is -0.0671. The van der Waals surface area contributed by atoms with Crippen LogP contribution in [0, 0.1) is 11.8 Å². The monoisotopic (exact) mass is 368 g/mol. The fraction of sp³-hybridized carbons (Fsp3) is 1.00. The SMILES string of the molecule is CC(CCC(CCC(C)N1CCC(C)(O)C1)C1COC1)N1CCOCC1. The molecule has 0 saturated carbocycles. The molecule has 0 bridgehead atoms. The van der Waals surface area contributed by atoms with Crippen molar-refractivity contribution in [2.75, 3.05) is 52.6 Å². The topological polar surface area (TPSA) is 45.2 Å². The van der Waals surface area contributed by atoms with Gasteiger partial charge in [-0.25, -0.2) is 0 Å². The second-order valence-electron chi connectivity index (χ2n) is 9.28. The highest BCUT2D eigenvalue weighted by Crippen LogP contribution is 2.32. The van der Waals surface area contributed by atoms with E-state index in [1.165, 1.54) is 25.7 Å². The standard InChI is InChI=1S/C21H40N2O3/c1-17(22-10-12-25-13-11-22)4-6-19(20-14-26-15-20)7-5-18(2)23-9-8-21(3,24)16-23/h17-20,24H,4-16H2,1-3H3. The van der Waals surface area contributed by atoms with Crippen LogP contribution in [0.2, 0.25) is 0 Å². The molecule has 3 rings (SSSR count). The van der Waals surface area contributed by atoms with Crippen LogP contribution in [0.4, 0.5) is 0 Å². The van der Waals surface area contributed by atoms with E-state index in [-0.39, 0.29) is 0 Å². The molecule has 3 aliphatic heterocycles. The second kappa shape index (κ2) is 9.33. The van der Waals surface area contributed by atoms with Crippen LogP contribution in [0.25, 0.3) is 0 Å². The van der Waals surface area contributed by atoms with Crippen molar-refractivity contribution in [1.29, 1.82) is 0 Å². The van der Waals surface area contributed by atoms with E-state index in [0.717, 1.165) is 70.9 Å². The number of β-amino-alcohol motifs (C(OH)–C–C–N with tert-alkyl or cyclic N) is 1. The van der Waals surface area contributed by atoms with E-state index in [1.807, 2.05) is 6.92 Å². The summed E-state index contributed by atoms with van der Waals surface area (Å²) < 4.78 is 11.0. The highest BCUT2D eigenvalue weighted by Gasteiger charge is 2.34. The van der Waals surface area contributed by atoms with Gasteiger partial charge in [-0.05, 0) is 58.8 Å². The van der Waals surface area contributed by atoms with Crippen LogP contribution in [0.5, 0.6) is 0 Å². The van der Waals surface area contributed by atoms with Crippen LogP contribution >= 0.6 is 0 Å². The Morgan fingerprint density at radius 1 is 0.923 bits per heavy atom. The first-order valence-electron chi connectivity index (χ1n) is 10.8. The molecule has 3 fully saturated rings. The van der Waals surface area contributed by atoms with Crippen LogP contribution in [-0.4, -0.2) is 85.2 Å². The van der Waals surface area contributed by atoms with Crippen molar-refractivity contribution in [3.63, 3.8) is 0 Å². The molecule has 0 radical (unpaired) electrons. The maximum absolute atomic E-state index is 10.2. The molecule has 3 aliphatic rings. The van der Waals surface area contributed by atoms with Gasteiger partial charge in [0.25, 0.3) is 0 Å². The zero-order valence-corrected chi connectivity index (χ0v) is 17.2. The van der Waals surface area contributed by atoms with Gasteiger partial charge in [0.1, 0.15) is 0 Å². The Labute approximate surface area is 160 Å². The maximum atomic E-state index is 10.2. The number of hydrogen-bond acceptors (Lipinski definition) is 5. The van der Waals surface area contributed by atoms with Crippen molar-refractivity contribution in [3.05, 3.63) is 0 Å². The molecule has 0 amide bonds. The Morgan fingerprint density at radius 2 is 1.54 bits per heavy atom. The van der Waals surface area contributed by atoms with Gasteiger partial charge in [0.05, 0.1) is 32.0 Å². The molecular formula is C21H40N2O3. The van der Waals surface area contributed by atoms with Gasteiger partial charge in [0, 0.05) is 44.2 Å². The van der Waals surface area contributed by atoms with E-state index in [2.05, 4.69) is 23.6 Å². The molecule has 26 heavy (non-hydrogen) atoms. The fourth-order valence-corrected chi connectivity index (χ4v) is 4.79. The number of likely N-dealkylation sites (tertiary alicyclic amines) is 1. The molecule has 0 aromatic rings. The van der Waals surface area contributed by atoms with E-state index in [1.54, 1.807) is 0 Å². The third-order valence-electron chi connectivity index (χ3n) is 7.01. The van der Waals surface area contributed by atoms with Gasteiger partial charge < -0.3 is 14.6 Å². The minimum Gasteiger partial charge on any atom is -0.389 e. The van der Waals surface area contributed by atoms with Crippen LogP contribution in [-0.2, 0) is 9.47 Å². The summed E-state index contributed by atoms with van der Waals surface area (Å²) in [5, 5.41) is 10.2. The summed E-state index contributed by atoms with van der Waals surface area (Å²) in [5.41, 5.74) is -0.483. The van der Waals surface area contributed by atoms with Crippen molar-refractivity contribution >= 4 is 0 Å². The van der Waals surface area contributed by atoms with Gasteiger partial charge in [-0.1, -0.05) is 0 Å². The summed E-state index contributed by atoms with van der Waals surface area (Å²) in [6.07, 6.45) is 6.05. The molecule has 3 saturated heterocycles. The van der Waals surface area contributed by atoms with E-state index in [4.69, 9.17) is 9.47 Å². The molecule has 5 nitrogen and oxygen atoms in total. The molecular weight excluding hydrogens is 328 g/mol. The molecule has 0 aromatic heterocycles. The van der Waals surface area contributed by atoms with Crippen LogP contribution in [0.1, 0.15) is 52.9 Å². The van der Waals surface area contributed by atoms with Crippen LogP contribution in [0.15, 0.2) is 0 Å². The number of hydrogen-bond donors (Lipinski definition) is 1. The number of morpholine rings is 1. The predicted molar refractivity (Wildman–Crippen MR) is 104 cm³/mol. The first-order chi connectivity index (χ1) is 12.4. The molecule has 3 heterocycles. The molecule has 5 heteroatoms.